The summed E-state index contributed by atoms with van der Waals surface area (Å²) in [7, 11) is 0. The average molecular weight is 245 g/mol. The summed E-state index contributed by atoms with van der Waals surface area (Å²) in [4.78, 5) is 0. The second-order valence-electron chi connectivity index (χ2n) is 3.15. The zero-order valence-corrected chi connectivity index (χ0v) is 9.57. The summed E-state index contributed by atoms with van der Waals surface area (Å²) in [6.45, 7) is 4.18. The molecule has 0 nitrogen and oxygen atoms in total. The van der Waals surface area contributed by atoms with E-state index in [1.807, 2.05) is 6.07 Å². The fourth-order valence-electron chi connectivity index (χ4n) is 1.60. The van der Waals surface area contributed by atoms with Crippen LogP contribution < -0.4 is 0 Å². The lowest BCUT2D eigenvalue weighted by atomic mass is 9.94. The summed E-state index contributed by atoms with van der Waals surface area (Å²) in [6, 6.07) is 5.15. The number of hydrogen-bond donors (Lipinski definition) is 0. The minimum absolute atomic E-state index is 0.0944. The lowest BCUT2D eigenvalue weighted by Gasteiger charge is -2.15. The zero-order valence-electron chi connectivity index (χ0n) is 7.98. The third-order valence-electron chi connectivity index (χ3n) is 2.39. The number of halogens is 2. The van der Waals surface area contributed by atoms with Crippen LogP contribution in [-0.4, -0.2) is 0 Å². The van der Waals surface area contributed by atoms with Gasteiger partial charge in [0.15, 0.2) is 0 Å². The lowest BCUT2D eigenvalue weighted by Crippen LogP contribution is -2.00. The molecule has 0 atom stereocenters. The molecule has 0 bridgehead atoms. The Kier molecular flexibility index (Phi) is 3.91. The summed E-state index contributed by atoms with van der Waals surface area (Å²) in [6.07, 6.45) is 1.96. The Morgan fingerprint density at radius 1 is 1.31 bits per heavy atom. The van der Waals surface area contributed by atoms with Crippen LogP contribution in [0.2, 0.25) is 0 Å². The summed E-state index contributed by atoms with van der Waals surface area (Å²) < 4.78 is 14.3. The molecule has 0 radical (unpaired) electrons. The van der Waals surface area contributed by atoms with Crippen LogP contribution in [0.25, 0.3) is 0 Å². The molecule has 0 saturated carbocycles. The van der Waals surface area contributed by atoms with Crippen molar-refractivity contribution in [3.63, 3.8) is 0 Å². The van der Waals surface area contributed by atoms with Crippen molar-refractivity contribution in [2.45, 2.75) is 32.6 Å². The smallest absolute Gasteiger partial charge is 0.127 e. The minimum atomic E-state index is -0.0944. The quantitative estimate of drug-likeness (QED) is 0.735. The molecule has 0 aliphatic rings. The maximum atomic E-state index is 13.4. The van der Waals surface area contributed by atoms with E-state index in [-0.39, 0.29) is 5.82 Å². The Labute approximate surface area is 87.3 Å². The highest BCUT2D eigenvalue weighted by Gasteiger charge is 2.14. The van der Waals surface area contributed by atoms with E-state index in [2.05, 4.69) is 29.8 Å². The monoisotopic (exact) mass is 244 g/mol. The van der Waals surface area contributed by atoms with Gasteiger partial charge in [-0.15, -0.1) is 0 Å². The van der Waals surface area contributed by atoms with Gasteiger partial charge in [0.25, 0.3) is 0 Å². The van der Waals surface area contributed by atoms with Crippen LogP contribution in [0, 0.1) is 5.82 Å². The maximum Gasteiger partial charge on any atom is 0.127 e. The van der Waals surface area contributed by atoms with Crippen LogP contribution in [0.3, 0.4) is 0 Å². The van der Waals surface area contributed by atoms with Gasteiger partial charge in [0.05, 0.1) is 0 Å². The number of benzene rings is 1. The second kappa shape index (κ2) is 4.75. The largest absolute Gasteiger partial charge is 0.207 e. The highest BCUT2D eigenvalue weighted by Crippen LogP contribution is 2.31. The molecule has 0 amide bonds. The van der Waals surface area contributed by atoms with Crippen LogP contribution in [0.1, 0.15) is 38.2 Å². The van der Waals surface area contributed by atoms with Crippen LogP contribution in [-0.2, 0) is 0 Å². The van der Waals surface area contributed by atoms with Crippen molar-refractivity contribution in [1.82, 2.24) is 0 Å². The molecule has 1 aromatic rings. The van der Waals surface area contributed by atoms with Gasteiger partial charge in [0.1, 0.15) is 5.82 Å². The molecule has 0 aromatic heterocycles. The lowest BCUT2D eigenvalue weighted by molar-refractivity contribution is 0.556. The Hall–Kier alpha value is -0.370. The van der Waals surface area contributed by atoms with Gasteiger partial charge < -0.3 is 0 Å². The highest BCUT2D eigenvalue weighted by atomic mass is 79.9. The van der Waals surface area contributed by atoms with Gasteiger partial charge >= 0.3 is 0 Å². The van der Waals surface area contributed by atoms with Crippen LogP contribution in [0.5, 0.6) is 0 Å². The van der Waals surface area contributed by atoms with Gasteiger partial charge in [-0.3, -0.25) is 0 Å². The molecular weight excluding hydrogens is 231 g/mol. The van der Waals surface area contributed by atoms with Gasteiger partial charge in [-0.25, -0.2) is 4.39 Å². The van der Waals surface area contributed by atoms with E-state index >= 15 is 0 Å². The van der Waals surface area contributed by atoms with Gasteiger partial charge in [0, 0.05) is 10.0 Å². The molecular formula is C11H14BrF. The standard InChI is InChI=1S/C11H14BrF/c1-3-8(4-2)11-9(12)6-5-7-10(11)13/h5-8H,3-4H2,1-2H3. The van der Waals surface area contributed by atoms with Crippen LogP contribution in [0.15, 0.2) is 22.7 Å². The third kappa shape index (κ3) is 2.31. The van der Waals surface area contributed by atoms with Gasteiger partial charge in [-0.2, -0.15) is 0 Å². The normalized spacial score (nSPS) is 10.8. The van der Waals surface area contributed by atoms with E-state index in [4.69, 9.17) is 0 Å². The number of rotatable bonds is 3. The first-order chi connectivity index (χ1) is 6.20. The van der Waals surface area contributed by atoms with Gasteiger partial charge in [-0.1, -0.05) is 35.8 Å². The summed E-state index contributed by atoms with van der Waals surface area (Å²) in [5, 5.41) is 0. The van der Waals surface area contributed by atoms with E-state index < -0.39 is 0 Å². The Morgan fingerprint density at radius 2 is 1.92 bits per heavy atom. The van der Waals surface area contributed by atoms with Crippen molar-refractivity contribution >= 4 is 15.9 Å². The van der Waals surface area contributed by atoms with Crippen molar-refractivity contribution in [2.24, 2.45) is 0 Å². The van der Waals surface area contributed by atoms with Crippen molar-refractivity contribution in [3.8, 4) is 0 Å². The Morgan fingerprint density at radius 3 is 2.38 bits per heavy atom. The summed E-state index contributed by atoms with van der Waals surface area (Å²) in [5.41, 5.74) is 0.826. The molecule has 0 fully saturated rings. The van der Waals surface area contributed by atoms with Gasteiger partial charge in [-0.05, 0) is 30.9 Å². The molecule has 0 aliphatic heterocycles. The van der Waals surface area contributed by atoms with E-state index in [1.165, 1.54) is 6.07 Å². The molecule has 0 N–H and O–H groups in total. The minimum Gasteiger partial charge on any atom is -0.207 e. The summed E-state index contributed by atoms with van der Waals surface area (Å²) >= 11 is 3.39. The zero-order chi connectivity index (χ0) is 9.84. The fraction of sp³-hybridized carbons (Fsp3) is 0.455. The Balaban J connectivity index is 3.10. The van der Waals surface area contributed by atoms with Gasteiger partial charge in [0.2, 0.25) is 0 Å². The molecule has 72 valence electrons. The first-order valence-corrected chi connectivity index (χ1v) is 5.43. The van der Waals surface area contributed by atoms with E-state index in [0.29, 0.717) is 5.92 Å². The van der Waals surface area contributed by atoms with Crippen molar-refractivity contribution in [1.29, 1.82) is 0 Å². The molecule has 1 rings (SSSR count). The van der Waals surface area contributed by atoms with Crippen LogP contribution >= 0.6 is 15.9 Å². The maximum absolute atomic E-state index is 13.4. The molecule has 13 heavy (non-hydrogen) atoms. The van der Waals surface area contributed by atoms with Crippen molar-refractivity contribution < 1.29 is 4.39 Å². The highest BCUT2D eigenvalue weighted by molar-refractivity contribution is 9.10. The fourth-order valence-corrected chi connectivity index (χ4v) is 2.26. The van der Waals surface area contributed by atoms with Crippen LogP contribution in [0.4, 0.5) is 4.39 Å². The summed E-state index contributed by atoms with van der Waals surface area (Å²) in [5.74, 6) is 0.235. The number of hydrogen-bond acceptors (Lipinski definition) is 0. The first-order valence-electron chi connectivity index (χ1n) is 4.64. The van der Waals surface area contributed by atoms with Crippen molar-refractivity contribution in [3.05, 3.63) is 34.1 Å². The predicted octanol–water partition coefficient (Wildman–Crippen LogP) is 4.49. The van der Waals surface area contributed by atoms with E-state index in [9.17, 15) is 4.39 Å². The third-order valence-corrected chi connectivity index (χ3v) is 3.09. The molecule has 0 spiro atoms. The van der Waals surface area contributed by atoms with E-state index in [1.54, 1.807) is 6.07 Å². The second-order valence-corrected chi connectivity index (χ2v) is 4.00. The van der Waals surface area contributed by atoms with Crippen molar-refractivity contribution in [2.75, 3.05) is 0 Å². The molecule has 0 unspecified atom stereocenters. The molecule has 2 heteroatoms. The SMILES string of the molecule is CCC(CC)c1c(F)cccc1Br. The topological polar surface area (TPSA) is 0 Å². The van der Waals surface area contributed by atoms with E-state index in [0.717, 1.165) is 22.9 Å². The first kappa shape index (κ1) is 10.7. The molecule has 0 saturated heterocycles. The average Bonchev–Trinajstić information content (AvgIpc) is 2.11. The predicted molar refractivity (Wildman–Crippen MR) is 57.4 cm³/mol. The molecule has 0 aliphatic carbocycles. The Bertz CT molecular complexity index is 259. The molecule has 0 heterocycles. The molecule has 1 aromatic carbocycles.